The van der Waals surface area contributed by atoms with E-state index in [1.807, 2.05) is 37.3 Å². The molecule has 2 saturated heterocycles. The fraction of sp³-hybridized carbons (Fsp3) is 0.312. The molecule has 6 rings (SSSR count). The maximum absolute atomic E-state index is 12.9. The molecule has 228 valence electrons. The first-order valence-corrected chi connectivity index (χ1v) is 14.9. The summed E-state index contributed by atoms with van der Waals surface area (Å²) < 4.78 is 23.2. The van der Waals surface area contributed by atoms with Gasteiger partial charge in [0.25, 0.3) is 0 Å². The molecule has 2 aliphatic heterocycles. The largest absolute Gasteiger partial charge is 0.492 e. The van der Waals surface area contributed by atoms with Crippen molar-refractivity contribution in [2.45, 2.75) is 25.7 Å². The predicted octanol–water partition coefficient (Wildman–Crippen LogP) is 4.99. The van der Waals surface area contributed by atoms with Crippen LogP contribution < -0.4 is 20.1 Å². The van der Waals surface area contributed by atoms with Crippen molar-refractivity contribution in [2.75, 3.05) is 50.1 Å². The van der Waals surface area contributed by atoms with Gasteiger partial charge in [-0.1, -0.05) is 23.7 Å². The van der Waals surface area contributed by atoms with Gasteiger partial charge in [-0.3, -0.25) is 14.7 Å². The highest BCUT2D eigenvalue weighted by molar-refractivity contribution is 6.32. The van der Waals surface area contributed by atoms with Gasteiger partial charge >= 0.3 is 0 Å². The van der Waals surface area contributed by atoms with Crippen molar-refractivity contribution >= 4 is 45.6 Å². The molecule has 4 aromatic rings. The van der Waals surface area contributed by atoms with E-state index in [4.69, 9.17) is 30.5 Å². The molecule has 0 bridgehead atoms. The zero-order chi connectivity index (χ0) is 30.3. The molecule has 1 amide bonds. The van der Waals surface area contributed by atoms with E-state index in [2.05, 4.69) is 30.5 Å². The quantitative estimate of drug-likeness (QED) is 0.223. The Labute approximate surface area is 260 Å². The molecular weight excluding hydrogens is 584 g/mol. The van der Waals surface area contributed by atoms with Gasteiger partial charge in [0.2, 0.25) is 5.91 Å². The number of rotatable bonds is 11. The van der Waals surface area contributed by atoms with E-state index in [9.17, 15) is 4.79 Å². The molecule has 11 nitrogen and oxygen atoms in total. The van der Waals surface area contributed by atoms with Gasteiger partial charge in [0.1, 0.15) is 30.3 Å². The summed E-state index contributed by atoms with van der Waals surface area (Å²) in [6.07, 6.45) is 6.76. The Hall–Kier alpha value is -4.29. The second-order valence-corrected chi connectivity index (χ2v) is 10.7. The van der Waals surface area contributed by atoms with Crippen molar-refractivity contribution in [3.8, 4) is 11.5 Å². The third-order valence-electron chi connectivity index (χ3n) is 7.26. The van der Waals surface area contributed by atoms with Gasteiger partial charge in [0, 0.05) is 49.0 Å². The van der Waals surface area contributed by atoms with Crippen LogP contribution in [0.25, 0.3) is 10.9 Å². The van der Waals surface area contributed by atoms with E-state index in [1.165, 1.54) is 12.4 Å². The van der Waals surface area contributed by atoms with Gasteiger partial charge in [-0.05, 0) is 43.3 Å². The number of carbonyl (C=O) groups is 1. The number of amides is 1. The average molecular weight is 617 g/mol. The highest BCUT2D eigenvalue weighted by Gasteiger charge is 2.35. The Kier molecular flexibility index (Phi) is 9.47. The van der Waals surface area contributed by atoms with E-state index in [1.54, 1.807) is 30.5 Å². The van der Waals surface area contributed by atoms with Gasteiger partial charge in [-0.2, -0.15) is 0 Å². The molecule has 4 heterocycles. The fourth-order valence-electron chi connectivity index (χ4n) is 5.19. The summed E-state index contributed by atoms with van der Waals surface area (Å²) >= 11 is 6.53. The number of fused-ring (bicyclic) bond motifs is 2. The zero-order valence-electron chi connectivity index (χ0n) is 24.2. The molecule has 0 saturated carbocycles. The lowest BCUT2D eigenvalue weighted by Gasteiger charge is -2.24. The maximum atomic E-state index is 12.9. The van der Waals surface area contributed by atoms with Crippen LogP contribution in [-0.4, -0.2) is 77.4 Å². The van der Waals surface area contributed by atoms with Gasteiger partial charge in [-0.15, -0.1) is 0 Å². The molecule has 0 aliphatic carbocycles. The summed E-state index contributed by atoms with van der Waals surface area (Å²) in [5.74, 6) is 1.33. The van der Waals surface area contributed by atoms with E-state index in [0.717, 1.165) is 18.8 Å². The van der Waals surface area contributed by atoms with Gasteiger partial charge in [0.05, 0.1) is 53.9 Å². The lowest BCUT2D eigenvalue weighted by molar-refractivity contribution is -0.116. The number of carbonyl (C=O) groups excluding carboxylic acids is 1. The van der Waals surface area contributed by atoms with Crippen LogP contribution in [0.5, 0.6) is 11.5 Å². The van der Waals surface area contributed by atoms with Crippen LogP contribution in [0.1, 0.15) is 12.6 Å². The van der Waals surface area contributed by atoms with Crippen LogP contribution in [0, 0.1) is 0 Å². The summed E-state index contributed by atoms with van der Waals surface area (Å²) in [6, 6.07) is 14.6. The third-order valence-corrected chi connectivity index (χ3v) is 7.56. The summed E-state index contributed by atoms with van der Waals surface area (Å²) in [5.41, 5.74) is 2.68. The number of pyridine rings is 1. The molecule has 44 heavy (non-hydrogen) atoms. The second kappa shape index (κ2) is 14.0. The van der Waals surface area contributed by atoms with Crippen LogP contribution in [0.2, 0.25) is 5.02 Å². The molecule has 0 spiro atoms. The lowest BCUT2D eigenvalue weighted by atomic mass is 10.1. The van der Waals surface area contributed by atoms with Crippen LogP contribution in [0.4, 0.5) is 17.2 Å². The average Bonchev–Trinajstić information content (AvgIpc) is 3.45. The minimum absolute atomic E-state index is 0.0989. The van der Waals surface area contributed by atoms with Crippen molar-refractivity contribution in [1.82, 2.24) is 19.9 Å². The van der Waals surface area contributed by atoms with Crippen molar-refractivity contribution in [2.24, 2.45) is 0 Å². The summed E-state index contributed by atoms with van der Waals surface area (Å²) in [4.78, 5) is 28.3. The molecule has 2 aliphatic rings. The highest BCUT2D eigenvalue weighted by atomic mass is 35.5. The van der Waals surface area contributed by atoms with Crippen LogP contribution in [0.15, 0.2) is 73.2 Å². The molecule has 2 N–H and O–H groups in total. The molecule has 2 atom stereocenters. The minimum atomic E-state index is -0.270. The Bertz CT molecular complexity index is 1620. The normalized spacial score (nSPS) is 18.3. The monoisotopic (exact) mass is 616 g/mol. The van der Waals surface area contributed by atoms with E-state index < -0.39 is 0 Å². The van der Waals surface area contributed by atoms with Crippen LogP contribution in [-0.2, 0) is 20.9 Å². The zero-order valence-corrected chi connectivity index (χ0v) is 25.0. The topological polar surface area (TPSA) is 120 Å². The molecule has 0 radical (unpaired) electrons. The number of anilines is 3. The smallest absolute Gasteiger partial charge is 0.248 e. The summed E-state index contributed by atoms with van der Waals surface area (Å²) in [7, 11) is 0. The number of aromatic nitrogens is 3. The van der Waals surface area contributed by atoms with Crippen LogP contribution in [0.3, 0.4) is 0 Å². The molecule has 2 fully saturated rings. The number of nitrogens with one attached hydrogen (secondary N) is 2. The van der Waals surface area contributed by atoms with E-state index >= 15 is 0 Å². The number of halogens is 1. The molecule has 2 aromatic carbocycles. The first kappa shape index (κ1) is 29.8. The number of nitrogens with zero attached hydrogens (tertiary/aromatic N) is 4. The fourth-order valence-corrected chi connectivity index (χ4v) is 5.43. The van der Waals surface area contributed by atoms with Crippen molar-refractivity contribution < 1.29 is 23.7 Å². The Morgan fingerprint density at radius 1 is 1.05 bits per heavy atom. The first-order chi connectivity index (χ1) is 21.6. The number of ether oxygens (including phenoxy) is 4. The van der Waals surface area contributed by atoms with Gasteiger partial charge < -0.3 is 29.6 Å². The number of likely N-dealkylation sites (tertiary alicyclic amines) is 1. The van der Waals surface area contributed by atoms with E-state index in [0.29, 0.717) is 77.6 Å². The predicted molar refractivity (Wildman–Crippen MR) is 168 cm³/mol. The molecule has 2 unspecified atom stereocenters. The summed E-state index contributed by atoms with van der Waals surface area (Å²) in [6.45, 7) is 6.08. The SMILES string of the molecule is CCOc1cc2ncnc(Nc3ccc(OCc4ccccn4)c(Cl)c3)c2cc1NC(=O)C=CCN1CC2OCCOC2C1. The van der Waals surface area contributed by atoms with E-state index in [-0.39, 0.29) is 18.1 Å². The van der Waals surface area contributed by atoms with Gasteiger partial charge in [0.15, 0.2) is 0 Å². The molecular formula is C32H33ClN6O5. The molecule has 12 heteroatoms. The Balaban J connectivity index is 1.14. The lowest BCUT2D eigenvalue weighted by Crippen LogP contribution is -2.36. The van der Waals surface area contributed by atoms with Crippen LogP contribution >= 0.6 is 11.6 Å². The van der Waals surface area contributed by atoms with Crippen molar-refractivity contribution in [3.05, 3.63) is 83.9 Å². The number of hydrogen-bond donors (Lipinski definition) is 2. The minimum Gasteiger partial charge on any atom is -0.492 e. The van der Waals surface area contributed by atoms with Crippen molar-refractivity contribution in [1.29, 1.82) is 0 Å². The maximum Gasteiger partial charge on any atom is 0.248 e. The van der Waals surface area contributed by atoms with Gasteiger partial charge in [-0.25, -0.2) is 9.97 Å². The third kappa shape index (κ3) is 7.25. The first-order valence-electron chi connectivity index (χ1n) is 14.5. The second-order valence-electron chi connectivity index (χ2n) is 10.3. The number of hydrogen-bond acceptors (Lipinski definition) is 10. The highest BCUT2D eigenvalue weighted by Crippen LogP contribution is 2.35. The Morgan fingerprint density at radius 2 is 1.89 bits per heavy atom. The standard InChI is InChI=1S/C32H33ClN6O5/c1-2-41-28-16-25-23(15-26(28)38-31(40)7-5-11-39-17-29-30(18-39)43-13-12-42-29)32(36-20-35-25)37-21-8-9-27(24(33)14-21)44-19-22-6-3-4-10-34-22/h3-10,14-16,20,29-30H,2,11-13,17-19H2,1H3,(H,38,40)(H,35,36,37). The summed E-state index contributed by atoms with van der Waals surface area (Å²) in [5, 5.41) is 7.40. The molecule has 2 aromatic heterocycles. The van der Waals surface area contributed by atoms with Crippen molar-refractivity contribution in [3.63, 3.8) is 0 Å². The number of benzene rings is 2. The Morgan fingerprint density at radius 3 is 2.64 bits per heavy atom.